The molecule has 0 amide bonds. The van der Waals surface area contributed by atoms with E-state index < -0.39 is 0 Å². The Morgan fingerprint density at radius 2 is 1.81 bits per heavy atom. The molecule has 1 aromatic heterocycles. The molecule has 1 N–H and O–H groups in total. The van der Waals surface area contributed by atoms with Crippen molar-refractivity contribution in [1.29, 1.82) is 0 Å². The Morgan fingerprint density at radius 1 is 1.19 bits per heavy atom. The molecule has 4 heteroatoms. The van der Waals surface area contributed by atoms with Crippen LogP contribution in [0.25, 0.3) is 0 Å². The minimum Gasteiger partial charge on any atom is -0.424 e. The van der Waals surface area contributed by atoms with Crippen LogP contribution in [0.15, 0.2) is 4.42 Å². The molecule has 0 aliphatic carbocycles. The average molecular weight is 225 g/mol. The first-order valence-corrected chi connectivity index (χ1v) is 5.93. The molecular formula is C12H23N3O. The molecule has 0 aliphatic heterocycles. The predicted octanol–water partition coefficient (Wildman–Crippen LogP) is 2.55. The highest BCUT2D eigenvalue weighted by molar-refractivity contribution is 4.84. The molecule has 0 aliphatic rings. The molecule has 0 spiro atoms. The summed E-state index contributed by atoms with van der Waals surface area (Å²) in [6.45, 7) is 11.4. The van der Waals surface area contributed by atoms with Gasteiger partial charge >= 0.3 is 0 Å². The van der Waals surface area contributed by atoms with Gasteiger partial charge in [-0.2, -0.15) is 0 Å². The summed E-state index contributed by atoms with van der Waals surface area (Å²) in [6.07, 6.45) is 1.97. The van der Waals surface area contributed by atoms with Gasteiger partial charge in [-0.15, -0.1) is 10.2 Å². The van der Waals surface area contributed by atoms with Crippen LogP contribution in [-0.4, -0.2) is 15.7 Å². The lowest BCUT2D eigenvalue weighted by molar-refractivity contribution is 0.367. The van der Waals surface area contributed by atoms with Gasteiger partial charge in [0, 0.05) is 12.0 Å². The molecule has 16 heavy (non-hydrogen) atoms. The van der Waals surface area contributed by atoms with Gasteiger partial charge in [0.25, 0.3) is 0 Å². The summed E-state index contributed by atoms with van der Waals surface area (Å²) in [5.74, 6) is 2.09. The molecule has 0 aromatic carbocycles. The van der Waals surface area contributed by atoms with Crippen molar-refractivity contribution in [3.63, 3.8) is 0 Å². The topological polar surface area (TPSA) is 51.0 Å². The van der Waals surface area contributed by atoms with Crippen LogP contribution < -0.4 is 5.32 Å². The third-order valence-electron chi connectivity index (χ3n) is 2.21. The number of rotatable bonds is 5. The van der Waals surface area contributed by atoms with Gasteiger partial charge in [-0.1, -0.05) is 13.8 Å². The highest BCUT2D eigenvalue weighted by Crippen LogP contribution is 2.09. The van der Waals surface area contributed by atoms with Crippen LogP contribution in [0, 0.1) is 5.92 Å². The maximum atomic E-state index is 5.54. The first kappa shape index (κ1) is 13.2. The van der Waals surface area contributed by atoms with Crippen molar-refractivity contribution >= 4 is 0 Å². The van der Waals surface area contributed by atoms with Crippen molar-refractivity contribution in [3.8, 4) is 0 Å². The van der Waals surface area contributed by atoms with Crippen LogP contribution >= 0.6 is 0 Å². The number of nitrogens with zero attached hydrogens (tertiary/aromatic N) is 2. The molecule has 0 fully saturated rings. The summed E-state index contributed by atoms with van der Waals surface area (Å²) in [5.41, 5.74) is 0.0760. The minimum absolute atomic E-state index is 0.0760. The van der Waals surface area contributed by atoms with Gasteiger partial charge in [0.1, 0.15) is 0 Å². The fraction of sp³-hybridized carbons (Fsp3) is 0.833. The van der Waals surface area contributed by atoms with Gasteiger partial charge in [0.2, 0.25) is 11.8 Å². The lowest BCUT2D eigenvalue weighted by Gasteiger charge is -2.18. The van der Waals surface area contributed by atoms with E-state index in [1.165, 1.54) is 0 Å². The molecule has 0 unspecified atom stereocenters. The van der Waals surface area contributed by atoms with Crippen molar-refractivity contribution in [1.82, 2.24) is 15.5 Å². The smallest absolute Gasteiger partial charge is 0.230 e. The van der Waals surface area contributed by atoms with Crippen molar-refractivity contribution < 1.29 is 4.42 Å². The number of hydrogen-bond acceptors (Lipinski definition) is 4. The molecular weight excluding hydrogens is 202 g/mol. The summed E-state index contributed by atoms with van der Waals surface area (Å²) in [6, 6.07) is 0. The first-order chi connectivity index (χ1) is 7.37. The Kier molecular flexibility index (Phi) is 4.47. The second kappa shape index (κ2) is 5.43. The molecule has 0 atom stereocenters. The van der Waals surface area contributed by atoms with E-state index >= 15 is 0 Å². The Balaban J connectivity index is 2.39. The summed E-state index contributed by atoms with van der Waals surface area (Å²) in [4.78, 5) is 0. The monoisotopic (exact) mass is 225 g/mol. The number of aromatic nitrogens is 2. The molecule has 1 rings (SSSR count). The van der Waals surface area contributed by atoms with E-state index in [-0.39, 0.29) is 5.54 Å². The van der Waals surface area contributed by atoms with E-state index in [4.69, 9.17) is 4.42 Å². The third-order valence-corrected chi connectivity index (χ3v) is 2.21. The number of aryl methyl sites for hydroxylation is 1. The van der Waals surface area contributed by atoms with E-state index in [1.54, 1.807) is 0 Å². The van der Waals surface area contributed by atoms with E-state index in [2.05, 4.69) is 50.1 Å². The van der Waals surface area contributed by atoms with E-state index in [0.29, 0.717) is 18.4 Å². The van der Waals surface area contributed by atoms with Gasteiger partial charge in [-0.3, -0.25) is 0 Å². The Morgan fingerprint density at radius 3 is 2.38 bits per heavy atom. The zero-order valence-electron chi connectivity index (χ0n) is 11.0. The van der Waals surface area contributed by atoms with E-state index in [9.17, 15) is 0 Å². The van der Waals surface area contributed by atoms with E-state index in [1.807, 2.05) is 0 Å². The van der Waals surface area contributed by atoms with Gasteiger partial charge < -0.3 is 9.73 Å². The average Bonchev–Trinajstić information content (AvgIpc) is 2.58. The fourth-order valence-electron chi connectivity index (χ4n) is 1.21. The molecule has 92 valence electrons. The maximum absolute atomic E-state index is 5.54. The quantitative estimate of drug-likeness (QED) is 0.836. The standard InChI is InChI=1S/C12H23N3O/c1-9(2)6-7-10-14-15-11(16-10)8-13-12(3,4)5/h9,13H,6-8H2,1-5H3. The van der Waals surface area contributed by atoms with Crippen molar-refractivity contribution in [2.75, 3.05) is 0 Å². The fourth-order valence-corrected chi connectivity index (χ4v) is 1.21. The maximum Gasteiger partial charge on any atom is 0.230 e. The molecule has 0 bridgehead atoms. The van der Waals surface area contributed by atoms with Crippen LogP contribution in [0.3, 0.4) is 0 Å². The molecule has 0 radical (unpaired) electrons. The van der Waals surface area contributed by atoms with Crippen molar-refractivity contribution in [3.05, 3.63) is 11.8 Å². The molecule has 0 saturated heterocycles. The minimum atomic E-state index is 0.0760. The van der Waals surface area contributed by atoms with Crippen LogP contribution in [0.2, 0.25) is 0 Å². The van der Waals surface area contributed by atoms with Crippen LogP contribution in [-0.2, 0) is 13.0 Å². The normalized spacial score (nSPS) is 12.4. The Hall–Kier alpha value is -0.900. The molecule has 0 saturated carbocycles. The predicted molar refractivity (Wildman–Crippen MR) is 64.0 cm³/mol. The lowest BCUT2D eigenvalue weighted by Crippen LogP contribution is -2.35. The van der Waals surface area contributed by atoms with Crippen LogP contribution in [0.4, 0.5) is 0 Å². The van der Waals surface area contributed by atoms with Gasteiger partial charge in [-0.25, -0.2) is 0 Å². The highest BCUT2D eigenvalue weighted by atomic mass is 16.4. The zero-order valence-corrected chi connectivity index (χ0v) is 11.0. The van der Waals surface area contributed by atoms with Crippen LogP contribution in [0.5, 0.6) is 0 Å². The summed E-state index contributed by atoms with van der Waals surface area (Å²) < 4.78 is 5.54. The molecule has 4 nitrogen and oxygen atoms in total. The lowest BCUT2D eigenvalue weighted by atomic mass is 10.1. The highest BCUT2D eigenvalue weighted by Gasteiger charge is 2.12. The van der Waals surface area contributed by atoms with Gasteiger partial charge in [-0.05, 0) is 33.1 Å². The summed E-state index contributed by atoms with van der Waals surface area (Å²) in [5, 5.41) is 11.4. The van der Waals surface area contributed by atoms with Crippen molar-refractivity contribution in [2.24, 2.45) is 5.92 Å². The third kappa shape index (κ3) is 5.26. The second-order valence-corrected chi connectivity index (χ2v) is 5.63. The number of nitrogens with one attached hydrogen (secondary N) is 1. The largest absolute Gasteiger partial charge is 0.424 e. The molecule has 1 aromatic rings. The zero-order chi connectivity index (χ0) is 12.2. The summed E-state index contributed by atoms with van der Waals surface area (Å²) in [7, 11) is 0. The Bertz CT molecular complexity index is 312. The van der Waals surface area contributed by atoms with Gasteiger partial charge in [0.05, 0.1) is 6.54 Å². The van der Waals surface area contributed by atoms with Gasteiger partial charge in [0.15, 0.2) is 0 Å². The second-order valence-electron chi connectivity index (χ2n) is 5.63. The van der Waals surface area contributed by atoms with Crippen LogP contribution in [0.1, 0.15) is 52.8 Å². The number of hydrogen-bond donors (Lipinski definition) is 1. The van der Waals surface area contributed by atoms with Crippen molar-refractivity contribution in [2.45, 2.75) is 59.5 Å². The van der Waals surface area contributed by atoms with E-state index in [0.717, 1.165) is 18.7 Å². The molecule has 1 heterocycles. The summed E-state index contributed by atoms with van der Waals surface area (Å²) >= 11 is 0. The SMILES string of the molecule is CC(C)CCc1nnc(CNC(C)(C)C)o1. The first-order valence-electron chi connectivity index (χ1n) is 5.93. The Labute approximate surface area is 97.8 Å².